The molecule has 0 aromatic heterocycles. The minimum absolute atomic E-state index is 0.0779. The molecule has 7 atom stereocenters. The number of carbonyl (C=O) groups excluding carboxylic acids is 1. The normalized spacial score (nSPS) is 46.8. The molecule has 0 amide bonds. The Labute approximate surface area is 169 Å². The minimum atomic E-state index is -0.0779. The van der Waals surface area contributed by atoms with Crippen molar-refractivity contribution in [2.45, 2.75) is 71.6 Å². The number of ketones is 1. The van der Waals surface area contributed by atoms with Gasteiger partial charge in [-0.15, -0.1) is 0 Å². The quantitative estimate of drug-likeness (QED) is 0.555. The van der Waals surface area contributed by atoms with Gasteiger partial charge in [0.1, 0.15) is 12.4 Å². The number of aliphatic hydroxyl groups is 1. The van der Waals surface area contributed by atoms with Crippen LogP contribution in [0.1, 0.15) is 71.6 Å². The molecule has 5 nitrogen and oxygen atoms in total. The molecule has 5 heteroatoms. The van der Waals surface area contributed by atoms with Gasteiger partial charge in [0.25, 0.3) is 0 Å². The van der Waals surface area contributed by atoms with Crippen molar-refractivity contribution in [2.75, 3.05) is 19.8 Å². The molecule has 0 heterocycles. The Balaban J connectivity index is 1.60. The summed E-state index contributed by atoms with van der Waals surface area (Å²) in [4.78, 5) is 18.1. The van der Waals surface area contributed by atoms with E-state index >= 15 is 0 Å². The molecule has 0 aliphatic heterocycles. The SMILES string of the molecule is C[C@]12CC/C(=N/OCCN)CC1[C@@H](CCO)C[C@@H]1[C@@H]2CC[C@]2(C)C(=O)CC[C@@H]12. The van der Waals surface area contributed by atoms with Crippen LogP contribution in [-0.4, -0.2) is 36.4 Å². The molecule has 1 unspecified atom stereocenters. The molecule has 0 aromatic carbocycles. The molecule has 0 aromatic rings. The van der Waals surface area contributed by atoms with E-state index in [0.717, 1.165) is 44.9 Å². The molecular weight excluding hydrogens is 352 g/mol. The van der Waals surface area contributed by atoms with Crippen molar-refractivity contribution < 1.29 is 14.7 Å². The van der Waals surface area contributed by atoms with Gasteiger partial charge in [-0.2, -0.15) is 0 Å². The summed E-state index contributed by atoms with van der Waals surface area (Å²) in [5.41, 5.74) is 6.91. The maximum atomic E-state index is 12.7. The molecule has 4 saturated carbocycles. The molecule has 0 saturated heterocycles. The summed E-state index contributed by atoms with van der Waals surface area (Å²) >= 11 is 0. The highest BCUT2D eigenvalue weighted by molar-refractivity contribution is 5.87. The fourth-order valence-electron chi connectivity index (χ4n) is 7.83. The molecule has 4 aliphatic carbocycles. The van der Waals surface area contributed by atoms with E-state index in [-0.39, 0.29) is 12.0 Å². The van der Waals surface area contributed by atoms with Gasteiger partial charge in [0.05, 0.1) is 5.71 Å². The van der Waals surface area contributed by atoms with Gasteiger partial charge in [-0.25, -0.2) is 0 Å². The van der Waals surface area contributed by atoms with E-state index in [1.165, 1.54) is 18.6 Å². The lowest BCUT2D eigenvalue weighted by atomic mass is 9.43. The van der Waals surface area contributed by atoms with Crippen LogP contribution in [0.4, 0.5) is 0 Å². The molecule has 4 fully saturated rings. The van der Waals surface area contributed by atoms with Crippen molar-refractivity contribution in [1.82, 2.24) is 0 Å². The van der Waals surface area contributed by atoms with Crippen molar-refractivity contribution in [3.05, 3.63) is 0 Å². The Morgan fingerprint density at radius 3 is 2.75 bits per heavy atom. The van der Waals surface area contributed by atoms with E-state index in [1.807, 2.05) is 0 Å². The summed E-state index contributed by atoms with van der Waals surface area (Å²) < 4.78 is 0. The van der Waals surface area contributed by atoms with Crippen LogP contribution in [0, 0.1) is 40.4 Å². The molecule has 3 N–H and O–H groups in total. The van der Waals surface area contributed by atoms with Crippen LogP contribution in [0.25, 0.3) is 0 Å². The van der Waals surface area contributed by atoms with Gasteiger partial charge in [0.15, 0.2) is 0 Å². The monoisotopic (exact) mass is 390 g/mol. The highest BCUT2D eigenvalue weighted by Gasteiger charge is 2.61. The van der Waals surface area contributed by atoms with Crippen molar-refractivity contribution in [3.8, 4) is 0 Å². The second-order valence-corrected chi connectivity index (χ2v) is 10.4. The maximum Gasteiger partial charge on any atom is 0.139 e. The first-order valence-electron chi connectivity index (χ1n) is 11.5. The van der Waals surface area contributed by atoms with Crippen LogP contribution < -0.4 is 5.73 Å². The van der Waals surface area contributed by atoms with Crippen LogP contribution in [0.15, 0.2) is 5.16 Å². The number of aliphatic hydroxyl groups excluding tert-OH is 1. The largest absolute Gasteiger partial charge is 0.396 e. The van der Waals surface area contributed by atoms with Gasteiger partial charge in [-0.1, -0.05) is 19.0 Å². The lowest BCUT2D eigenvalue weighted by Gasteiger charge is -2.62. The fraction of sp³-hybridized carbons (Fsp3) is 0.913. The Bertz CT molecular complexity index is 635. The number of oxime groups is 1. The lowest BCUT2D eigenvalue weighted by molar-refractivity contribution is -0.143. The first kappa shape index (κ1) is 20.3. The molecule has 4 rings (SSSR count). The summed E-state index contributed by atoms with van der Waals surface area (Å²) in [6, 6.07) is 0. The van der Waals surface area contributed by atoms with E-state index in [0.29, 0.717) is 53.9 Å². The molecule has 0 spiro atoms. The summed E-state index contributed by atoms with van der Waals surface area (Å²) in [7, 11) is 0. The van der Waals surface area contributed by atoms with Gasteiger partial charge in [-0.3, -0.25) is 4.79 Å². The second kappa shape index (κ2) is 7.71. The smallest absolute Gasteiger partial charge is 0.139 e. The highest BCUT2D eigenvalue weighted by atomic mass is 16.6. The number of nitrogens with zero attached hydrogens (tertiary/aromatic N) is 1. The third-order valence-electron chi connectivity index (χ3n) is 9.29. The molecule has 28 heavy (non-hydrogen) atoms. The van der Waals surface area contributed by atoms with E-state index in [9.17, 15) is 9.90 Å². The molecule has 4 aliphatic rings. The van der Waals surface area contributed by atoms with E-state index in [1.54, 1.807) is 0 Å². The summed E-state index contributed by atoms with van der Waals surface area (Å²) in [5, 5.41) is 14.2. The van der Waals surface area contributed by atoms with E-state index in [2.05, 4.69) is 19.0 Å². The second-order valence-electron chi connectivity index (χ2n) is 10.4. The summed E-state index contributed by atoms with van der Waals surface area (Å²) in [5.74, 6) is 3.52. The fourth-order valence-corrected chi connectivity index (χ4v) is 7.83. The van der Waals surface area contributed by atoms with Crippen LogP contribution in [0.2, 0.25) is 0 Å². The Kier molecular flexibility index (Phi) is 5.60. The van der Waals surface area contributed by atoms with Crippen molar-refractivity contribution in [2.24, 2.45) is 51.3 Å². The van der Waals surface area contributed by atoms with Crippen LogP contribution in [0.3, 0.4) is 0 Å². The minimum Gasteiger partial charge on any atom is -0.396 e. The van der Waals surface area contributed by atoms with Gasteiger partial charge < -0.3 is 15.7 Å². The number of hydrogen-bond acceptors (Lipinski definition) is 5. The summed E-state index contributed by atoms with van der Waals surface area (Å²) in [6.45, 7) is 5.98. The van der Waals surface area contributed by atoms with Gasteiger partial charge >= 0.3 is 0 Å². The van der Waals surface area contributed by atoms with Gasteiger partial charge in [0.2, 0.25) is 0 Å². The van der Waals surface area contributed by atoms with E-state index in [4.69, 9.17) is 10.6 Å². The average Bonchev–Trinajstić information content (AvgIpc) is 2.98. The topological polar surface area (TPSA) is 84.9 Å². The lowest BCUT2D eigenvalue weighted by Crippen LogP contribution is -2.56. The Morgan fingerprint density at radius 1 is 1.18 bits per heavy atom. The number of Topliss-reactive ketones (excluding diaryl/α,β-unsaturated/α-hetero) is 1. The summed E-state index contributed by atoms with van der Waals surface area (Å²) in [6.07, 6.45) is 9.34. The number of nitrogens with two attached hydrogens (primary N) is 1. The first-order chi connectivity index (χ1) is 13.4. The highest BCUT2D eigenvalue weighted by Crippen LogP contribution is 2.66. The Morgan fingerprint density at radius 2 is 2.00 bits per heavy atom. The number of carbonyl (C=O) groups is 1. The van der Waals surface area contributed by atoms with Crippen LogP contribution in [0.5, 0.6) is 0 Å². The van der Waals surface area contributed by atoms with Gasteiger partial charge in [-0.05, 0) is 86.4 Å². The third kappa shape index (κ3) is 3.13. The molecule has 0 radical (unpaired) electrons. The van der Waals surface area contributed by atoms with Crippen LogP contribution in [-0.2, 0) is 9.63 Å². The number of fused-ring (bicyclic) bond motifs is 5. The van der Waals surface area contributed by atoms with Crippen LogP contribution >= 0.6 is 0 Å². The van der Waals surface area contributed by atoms with E-state index < -0.39 is 0 Å². The average molecular weight is 391 g/mol. The zero-order chi connectivity index (χ0) is 19.9. The van der Waals surface area contributed by atoms with Crippen molar-refractivity contribution in [3.63, 3.8) is 0 Å². The molecular formula is C23H38N2O3. The van der Waals surface area contributed by atoms with Crippen molar-refractivity contribution >= 4 is 11.5 Å². The maximum absolute atomic E-state index is 12.7. The number of hydrogen-bond donors (Lipinski definition) is 2. The number of rotatable bonds is 5. The zero-order valence-corrected chi connectivity index (χ0v) is 17.7. The predicted octanol–water partition coefficient (Wildman–Crippen LogP) is 3.54. The predicted molar refractivity (Wildman–Crippen MR) is 110 cm³/mol. The Hall–Kier alpha value is -0.940. The third-order valence-corrected chi connectivity index (χ3v) is 9.29. The molecule has 158 valence electrons. The zero-order valence-electron chi connectivity index (χ0n) is 17.7. The van der Waals surface area contributed by atoms with Gasteiger partial charge in [0, 0.05) is 25.0 Å². The molecule has 0 bridgehead atoms. The van der Waals surface area contributed by atoms with Crippen molar-refractivity contribution in [1.29, 1.82) is 0 Å². The standard InChI is InChI=1S/C23H38N2O3/c1-22-8-5-16(25-28-12-10-24)14-20(22)15(7-11-26)13-17-18-3-4-21(27)23(18,2)9-6-19(17)22/h15,17-20,26H,3-14,24H2,1-2H3/b25-16-/t15-,17-,18-,19-,20?,22+,23-/m0/s1. The first-order valence-corrected chi connectivity index (χ1v) is 11.5.